The number of rotatable bonds is 4. The van der Waals surface area contributed by atoms with Gasteiger partial charge in [-0.25, -0.2) is 0 Å². The Bertz CT molecular complexity index is 616. The molecule has 0 radical (unpaired) electrons. The molecule has 0 aliphatic heterocycles. The zero-order chi connectivity index (χ0) is 14.7. The molecular weight excluding hydrogens is 278 g/mol. The van der Waals surface area contributed by atoms with E-state index in [1.165, 1.54) is 0 Å². The van der Waals surface area contributed by atoms with E-state index in [1.54, 1.807) is 50.6 Å². The second-order valence-corrected chi connectivity index (χ2v) is 4.73. The van der Waals surface area contributed by atoms with Gasteiger partial charge in [-0.2, -0.15) is 0 Å². The summed E-state index contributed by atoms with van der Waals surface area (Å²) in [5.74, 6) is 1.15. The molecule has 5 heteroatoms. The number of aliphatic hydroxyl groups excluding tert-OH is 1. The maximum Gasteiger partial charge on any atom is 0.161 e. The fourth-order valence-corrected chi connectivity index (χ4v) is 2.17. The number of methoxy groups -OCH3 is 2. The van der Waals surface area contributed by atoms with Gasteiger partial charge in [-0.15, -0.1) is 0 Å². The van der Waals surface area contributed by atoms with Crippen LogP contribution in [0.5, 0.6) is 11.5 Å². The first-order valence-corrected chi connectivity index (χ1v) is 6.39. The lowest BCUT2D eigenvalue weighted by Crippen LogP contribution is -2.04. The van der Waals surface area contributed by atoms with E-state index in [0.29, 0.717) is 33.3 Å². The van der Waals surface area contributed by atoms with Crippen LogP contribution in [0.1, 0.15) is 17.2 Å². The van der Waals surface area contributed by atoms with Crippen molar-refractivity contribution in [3.8, 4) is 11.5 Å². The van der Waals surface area contributed by atoms with Crippen LogP contribution in [0.4, 0.5) is 5.69 Å². The lowest BCUT2D eigenvalue weighted by Gasteiger charge is -2.16. The summed E-state index contributed by atoms with van der Waals surface area (Å²) in [5, 5.41) is 11.0. The van der Waals surface area contributed by atoms with E-state index in [-0.39, 0.29) is 0 Å². The smallest absolute Gasteiger partial charge is 0.161 e. The van der Waals surface area contributed by atoms with Crippen molar-refractivity contribution in [1.82, 2.24) is 0 Å². The lowest BCUT2D eigenvalue weighted by atomic mass is 9.99. The summed E-state index contributed by atoms with van der Waals surface area (Å²) in [6, 6.07) is 10.2. The average molecular weight is 294 g/mol. The minimum Gasteiger partial charge on any atom is -0.493 e. The van der Waals surface area contributed by atoms with Crippen molar-refractivity contribution in [2.45, 2.75) is 6.10 Å². The van der Waals surface area contributed by atoms with Crippen LogP contribution in [0.15, 0.2) is 36.4 Å². The fraction of sp³-hybridized carbons (Fsp3) is 0.200. The van der Waals surface area contributed by atoms with Crippen LogP contribution in [-0.4, -0.2) is 19.3 Å². The molecule has 0 saturated heterocycles. The Labute approximate surface area is 122 Å². The Morgan fingerprint density at radius 3 is 2.40 bits per heavy atom. The topological polar surface area (TPSA) is 64.7 Å². The van der Waals surface area contributed by atoms with Gasteiger partial charge in [0.2, 0.25) is 0 Å². The molecule has 0 fully saturated rings. The Morgan fingerprint density at radius 2 is 1.75 bits per heavy atom. The van der Waals surface area contributed by atoms with Crippen molar-refractivity contribution in [3.63, 3.8) is 0 Å². The fourth-order valence-electron chi connectivity index (χ4n) is 1.98. The number of aliphatic hydroxyl groups is 1. The summed E-state index contributed by atoms with van der Waals surface area (Å²) < 4.78 is 10.4. The van der Waals surface area contributed by atoms with E-state index >= 15 is 0 Å². The minimum atomic E-state index is -0.881. The van der Waals surface area contributed by atoms with Crippen molar-refractivity contribution in [1.29, 1.82) is 0 Å². The van der Waals surface area contributed by atoms with Gasteiger partial charge in [-0.1, -0.05) is 17.7 Å². The second-order valence-electron chi connectivity index (χ2n) is 4.29. The lowest BCUT2D eigenvalue weighted by molar-refractivity contribution is 0.220. The van der Waals surface area contributed by atoms with Crippen LogP contribution in [0, 0.1) is 0 Å². The van der Waals surface area contributed by atoms with Crippen LogP contribution in [0.2, 0.25) is 5.02 Å². The average Bonchev–Trinajstić information content (AvgIpc) is 2.48. The normalized spacial score (nSPS) is 12.0. The first kappa shape index (κ1) is 14.5. The van der Waals surface area contributed by atoms with Gasteiger partial charge in [0.1, 0.15) is 6.10 Å². The summed E-state index contributed by atoms with van der Waals surface area (Å²) in [5.41, 5.74) is 7.57. The molecule has 106 valence electrons. The van der Waals surface area contributed by atoms with E-state index in [9.17, 15) is 5.11 Å². The van der Waals surface area contributed by atoms with Gasteiger partial charge < -0.3 is 20.3 Å². The van der Waals surface area contributed by atoms with Crippen LogP contribution < -0.4 is 15.2 Å². The molecule has 2 aromatic carbocycles. The number of halogens is 1. The summed E-state index contributed by atoms with van der Waals surface area (Å²) in [4.78, 5) is 0. The third-order valence-electron chi connectivity index (χ3n) is 3.07. The first-order valence-electron chi connectivity index (χ1n) is 6.01. The summed E-state index contributed by atoms with van der Waals surface area (Å²) in [7, 11) is 3.10. The zero-order valence-corrected chi connectivity index (χ0v) is 12.0. The Hall–Kier alpha value is -1.91. The van der Waals surface area contributed by atoms with Gasteiger partial charge in [0.25, 0.3) is 0 Å². The Balaban J connectivity index is 2.42. The predicted octanol–water partition coefficient (Wildman–Crippen LogP) is 3.02. The van der Waals surface area contributed by atoms with Crippen LogP contribution in [0.3, 0.4) is 0 Å². The number of nitrogen functional groups attached to an aromatic ring is 1. The third kappa shape index (κ3) is 2.81. The molecule has 0 bridgehead atoms. The third-order valence-corrected chi connectivity index (χ3v) is 3.30. The standard InChI is InChI=1S/C15H16ClNO3/c1-19-13-6-3-9(7-14(13)20-2)15(18)11-8-10(16)4-5-12(11)17/h3-8,15,18H,17H2,1-2H3/t15-/m1/s1. The van der Waals surface area contributed by atoms with Crippen LogP contribution in [-0.2, 0) is 0 Å². The molecule has 2 aromatic rings. The monoisotopic (exact) mass is 293 g/mol. The SMILES string of the molecule is COc1ccc([C@@H](O)c2cc(Cl)ccc2N)cc1OC. The minimum absolute atomic E-state index is 0.483. The molecule has 0 unspecified atom stereocenters. The molecule has 0 spiro atoms. The molecule has 0 amide bonds. The molecule has 2 rings (SSSR count). The summed E-state index contributed by atoms with van der Waals surface area (Å²) >= 11 is 5.94. The van der Waals surface area contributed by atoms with Gasteiger partial charge in [-0.05, 0) is 35.9 Å². The quantitative estimate of drug-likeness (QED) is 0.851. The summed E-state index contributed by atoms with van der Waals surface area (Å²) in [6.45, 7) is 0. The summed E-state index contributed by atoms with van der Waals surface area (Å²) in [6.07, 6.45) is -0.881. The number of benzene rings is 2. The van der Waals surface area contributed by atoms with E-state index in [4.69, 9.17) is 26.8 Å². The van der Waals surface area contributed by atoms with Crippen LogP contribution in [0.25, 0.3) is 0 Å². The van der Waals surface area contributed by atoms with Crippen molar-refractivity contribution < 1.29 is 14.6 Å². The molecule has 4 nitrogen and oxygen atoms in total. The maximum absolute atomic E-state index is 10.4. The van der Waals surface area contributed by atoms with E-state index in [0.717, 1.165) is 0 Å². The molecule has 0 aliphatic carbocycles. The number of ether oxygens (including phenoxy) is 2. The predicted molar refractivity (Wildman–Crippen MR) is 79.5 cm³/mol. The van der Waals surface area contributed by atoms with Gasteiger partial charge in [-0.3, -0.25) is 0 Å². The molecule has 1 atom stereocenters. The highest BCUT2D eigenvalue weighted by atomic mass is 35.5. The van der Waals surface area contributed by atoms with Crippen molar-refractivity contribution >= 4 is 17.3 Å². The van der Waals surface area contributed by atoms with Crippen molar-refractivity contribution in [2.75, 3.05) is 20.0 Å². The highest BCUT2D eigenvalue weighted by Gasteiger charge is 2.16. The van der Waals surface area contributed by atoms with E-state index in [1.807, 2.05) is 0 Å². The molecule has 0 heterocycles. The number of hydrogen-bond acceptors (Lipinski definition) is 4. The van der Waals surface area contributed by atoms with Crippen molar-refractivity contribution in [3.05, 3.63) is 52.5 Å². The number of nitrogens with two attached hydrogens (primary N) is 1. The van der Waals surface area contributed by atoms with Gasteiger partial charge in [0.15, 0.2) is 11.5 Å². The van der Waals surface area contributed by atoms with Crippen molar-refractivity contribution in [2.24, 2.45) is 0 Å². The van der Waals surface area contributed by atoms with Gasteiger partial charge in [0.05, 0.1) is 14.2 Å². The first-order chi connectivity index (χ1) is 9.56. The highest BCUT2D eigenvalue weighted by Crippen LogP contribution is 2.34. The second kappa shape index (κ2) is 6.03. The highest BCUT2D eigenvalue weighted by molar-refractivity contribution is 6.30. The molecule has 20 heavy (non-hydrogen) atoms. The largest absolute Gasteiger partial charge is 0.493 e. The van der Waals surface area contributed by atoms with Gasteiger partial charge in [0, 0.05) is 16.3 Å². The molecular formula is C15H16ClNO3. The van der Waals surface area contributed by atoms with E-state index < -0.39 is 6.10 Å². The molecule has 0 aliphatic rings. The molecule has 0 saturated carbocycles. The van der Waals surface area contributed by atoms with Gasteiger partial charge >= 0.3 is 0 Å². The number of hydrogen-bond donors (Lipinski definition) is 2. The van der Waals surface area contributed by atoms with E-state index in [2.05, 4.69) is 0 Å². The molecule has 0 aromatic heterocycles. The maximum atomic E-state index is 10.4. The zero-order valence-electron chi connectivity index (χ0n) is 11.3. The molecule has 3 N–H and O–H groups in total. The number of anilines is 1. The Kier molecular flexibility index (Phi) is 4.37. The van der Waals surface area contributed by atoms with Crippen LogP contribution >= 0.6 is 11.6 Å². The Morgan fingerprint density at radius 1 is 1.05 bits per heavy atom.